The highest BCUT2D eigenvalue weighted by atomic mass is 16.4. The predicted octanol–water partition coefficient (Wildman–Crippen LogP) is 1.91. The van der Waals surface area contributed by atoms with Gasteiger partial charge in [0.05, 0.1) is 0 Å². The Labute approximate surface area is 83.4 Å². The Hall–Kier alpha value is -1.64. The highest BCUT2D eigenvalue weighted by Crippen LogP contribution is 1.98. The van der Waals surface area contributed by atoms with Gasteiger partial charge in [-0.1, -0.05) is 30.3 Å². The van der Waals surface area contributed by atoms with E-state index < -0.39 is 5.97 Å². The average molecular weight is 194 g/mol. The molecule has 0 spiro atoms. The Bertz CT molecular complexity index is 287. The summed E-state index contributed by atoms with van der Waals surface area (Å²) in [4.78, 5) is 19.6. The van der Waals surface area contributed by atoms with Crippen molar-refractivity contribution in [2.75, 3.05) is 0 Å². The quantitative estimate of drug-likeness (QED) is 0.782. The zero-order valence-electron chi connectivity index (χ0n) is 8.36. The lowest BCUT2D eigenvalue weighted by molar-refractivity contribution is -0.134. The number of carbonyl (C=O) groups excluding carboxylic acids is 1. The van der Waals surface area contributed by atoms with Crippen LogP contribution in [0.3, 0.4) is 0 Å². The molecule has 0 fully saturated rings. The van der Waals surface area contributed by atoms with E-state index in [0.717, 1.165) is 12.5 Å². The Morgan fingerprint density at radius 3 is 1.93 bits per heavy atom. The minimum atomic E-state index is -0.833. The molecule has 1 N–H and O–H groups in total. The summed E-state index contributed by atoms with van der Waals surface area (Å²) in [5.41, 5.74) is 1.09. The van der Waals surface area contributed by atoms with E-state index in [9.17, 15) is 4.79 Å². The molecule has 1 aromatic rings. The number of carboxylic acid groups (broad SMARTS) is 1. The molecule has 3 heteroatoms. The second kappa shape index (κ2) is 6.83. The number of hydrogen-bond acceptors (Lipinski definition) is 2. The monoisotopic (exact) mass is 194 g/mol. The molecule has 0 amide bonds. The largest absolute Gasteiger partial charge is 0.481 e. The molecular formula is C11H14O3. The molecule has 0 aliphatic heterocycles. The van der Waals surface area contributed by atoms with Crippen LogP contribution in [0.4, 0.5) is 0 Å². The number of aliphatic carboxylic acids is 1. The van der Waals surface area contributed by atoms with Crippen LogP contribution in [-0.4, -0.2) is 16.9 Å². The molecule has 1 rings (SSSR count). The van der Waals surface area contributed by atoms with E-state index in [0.29, 0.717) is 6.42 Å². The summed E-state index contributed by atoms with van der Waals surface area (Å²) < 4.78 is 0. The van der Waals surface area contributed by atoms with Gasteiger partial charge in [-0.15, -0.1) is 0 Å². The van der Waals surface area contributed by atoms with Crippen LogP contribution < -0.4 is 0 Å². The number of benzene rings is 1. The van der Waals surface area contributed by atoms with Crippen molar-refractivity contribution in [1.29, 1.82) is 0 Å². The Balaban J connectivity index is 0.000000364. The van der Waals surface area contributed by atoms with Crippen LogP contribution >= 0.6 is 0 Å². The number of carboxylic acids is 1. The van der Waals surface area contributed by atoms with Gasteiger partial charge in [0.15, 0.2) is 0 Å². The summed E-state index contributed by atoms with van der Waals surface area (Å²) >= 11 is 0. The molecule has 0 bridgehead atoms. The first-order valence-corrected chi connectivity index (χ1v) is 4.25. The topological polar surface area (TPSA) is 54.4 Å². The number of rotatable bonds is 2. The molecule has 0 atom stereocenters. The zero-order chi connectivity index (χ0) is 11.0. The first-order chi connectivity index (χ1) is 6.52. The summed E-state index contributed by atoms with van der Waals surface area (Å²) in [5.74, 6) is -0.619. The lowest BCUT2D eigenvalue weighted by Crippen LogP contribution is -1.94. The molecule has 0 saturated heterocycles. The second-order valence-corrected chi connectivity index (χ2v) is 2.88. The molecule has 0 radical (unpaired) electrons. The molecule has 0 aliphatic carbocycles. The minimum Gasteiger partial charge on any atom is -0.481 e. The van der Waals surface area contributed by atoms with Crippen LogP contribution in [0, 0.1) is 0 Å². The third-order valence-corrected chi connectivity index (χ3v) is 1.30. The van der Waals surface area contributed by atoms with Gasteiger partial charge in [0.1, 0.15) is 5.78 Å². The summed E-state index contributed by atoms with van der Waals surface area (Å²) in [6, 6.07) is 9.75. The van der Waals surface area contributed by atoms with Gasteiger partial charge in [0.2, 0.25) is 0 Å². The third kappa shape index (κ3) is 8.46. The molecular weight excluding hydrogens is 180 g/mol. The molecule has 0 saturated carbocycles. The van der Waals surface area contributed by atoms with Gasteiger partial charge in [-0.05, 0) is 12.5 Å². The fraction of sp³-hybridized carbons (Fsp3) is 0.273. The van der Waals surface area contributed by atoms with Crippen LogP contribution in [0.1, 0.15) is 19.4 Å². The third-order valence-electron chi connectivity index (χ3n) is 1.30. The van der Waals surface area contributed by atoms with E-state index >= 15 is 0 Å². The van der Waals surface area contributed by atoms with Crippen molar-refractivity contribution >= 4 is 11.8 Å². The molecule has 0 aromatic heterocycles. The van der Waals surface area contributed by atoms with Crippen molar-refractivity contribution in [3.05, 3.63) is 35.9 Å². The van der Waals surface area contributed by atoms with Crippen LogP contribution in [0.5, 0.6) is 0 Å². The van der Waals surface area contributed by atoms with Gasteiger partial charge in [0.25, 0.3) is 5.97 Å². The smallest absolute Gasteiger partial charge is 0.300 e. The molecule has 14 heavy (non-hydrogen) atoms. The predicted molar refractivity (Wildman–Crippen MR) is 54.1 cm³/mol. The van der Waals surface area contributed by atoms with Crippen LogP contribution in [0.25, 0.3) is 0 Å². The van der Waals surface area contributed by atoms with Crippen LogP contribution in [0.2, 0.25) is 0 Å². The second-order valence-electron chi connectivity index (χ2n) is 2.88. The Kier molecular flexibility index (Phi) is 6.03. The van der Waals surface area contributed by atoms with Gasteiger partial charge in [-0.2, -0.15) is 0 Å². The number of ketones is 1. The summed E-state index contributed by atoms with van der Waals surface area (Å²) in [6.45, 7) is 2.69. The minimum absolute atomic E-state index is 0.214. The highest BCUT2D eigenvalue weighted by Gasteiger charge is 1.93. The number of hydrogen-bond donors (Lipinski definition) is 1. The fourth-order valence-corrected chi connectivity index (χ4v) is 0.883. The van der Waals surface area contributed by atoms with E-state index in [1.807, 2.05) is 30.3 Å². The first kappa shape index (κ1) is 12.4. The van der Waals surface area contributed by atoms with Crippen LogP contribution in [-0.2, 0) is 16.0 Å². The number of Topliss-reactive ketones (excluding diaryl/α,β-unsaturated/α-hetero) is 1. The lowest BCUT2D eigenvalue weighted by Gasteiger charge is -1.93. The molecule has 3 nitrogen and oxygen atoms in total. The summed E-state index contributed by atoms with van der Waals surface area (Å²) in [5, 5.41) is 7.42. The van der Waals surface area contributed by atoms with Crippen LogP contribution in [0.15, 0.2) is 30.3 Å². The molecule has 0 aliphatic rings. The maximum Gasteiger partial charge on any atom is 0.300 e. The maximum absolute atomic E-state index is 10.6. The van der Waals surface area contributed by atoms with E-state index in [-0.39, 0.29) is 5.78 Å². The molecule has 0 heterocycles. The van der Waals surface area contributed by atoms with E-state index in [1.165, 1.54) is 0 Å². The molecule has 76 valence electrons. The highest BCUT2D eigenvalue weighted by molar-refractivity contribution is 5.78. The first-order valence-electron chi connectivity index (χ1n) is 4.25. The maximum atomic E-state index is 10.6. The van der Waals surface area contributed by atoms with Gasteiger partial charge in [-0.3, -0.25) is 9.59 Å². The van der Waals surface area contributed by atoms with Crippen molar-refractivity contribution in [1.82, 2.24) is 0 Å². The summed E-state index contributed by atoms with van der Waals surface area (Å²) in [7, 11) is 0. The average Bonchev–Trinajstić information content (AvgIpc) is 2.03. The SMILES string of the molecule is CC(=O)Cc1ccccc1.CC(=O)O. The van der Waals surface area contributed by atoms with Gasteiger partial charge < -0.3 is 5.11 Å². The van der Waals surface area contributed by atoms with E-state index in [1.54, 1.807) is 6.92 Å². The Morgan fingerprint density at radius 1 is 1.14 bits per heavy atom. The van der Waals surface area contributed by atoms with Gasteiger partial charge in [0, 0.05) is 13.3 Å². The zero-order valence-corrected chi connectivity index (χ0v) is 8.36. The molecule has 0 unspecified atom stereocenters. The van der Waals surface area contributed by atoms with Crippen molar-refractivity contribution in [2.45, 2.75) is 20.3 Å². The fourth-order valence-electron chi connectivity index (χ4n) is 0.883. The Morgan fingerprint density at radius 2 is 1.57 bits per heavy atom. The number of carbonyl (C=O) groups is 2. The summed E-state index contributed by atoms with van der Waals surface area (Å²) in [6.07, 6.45) is 0.556. The van der Waals surface area contributed by atoms with E-state index in [4.69, 9.17) is 9.90 Å². The normalized spacial score (nSPS) is 8.43. The van der Waals surface area contributed by atoms with Crippen molar-refractivity contribution in [3.8, 4) is 0 Å². The standard InChI is InChI=1S/C9H10O.C2H4O2/c1-8(10)7-9-5-3-2-4-6-9;1-2(3)4/h2-6H,7H2,1H3;1H3,(H,3,4). The lowest BCUT2D eigenvalue weighted by atomic mass is 10.1. The van der Waals surface area contributed by atoms with Crippen molar-refractivity contribution in [2.24, 2.45) is 0 Å². The van der Waals surface area contributed by atoms with Crippen molar-refractivity contribution in [3.63, 3.8) is 0 Å². The van der Waals surface area contributed by atoms with Crippen molar-refractivity contribution < 1.29 is 14.7 Å². The van der Waals surface area contributed by atoms with E-state index in [2.05, 4.69) is 0 Å². The molecule has 1 aromatic carbocycles. The van der Waals surface area contributed by atoms with Gasteiger partial charge >= 0.3 is 0 Å². The van der Waals surface area contributed by atoms with Gasteiger partial charge in [-0.25, -0.2) is 0 Å².